The summed E-state index contributed by atoms with van der Waals surface area (Å²) in [6.45, 7) is 8.71. The van der Waals surface area contributed by atoms with E-state index < -0.39 is 0 Å². The van der Waals surface area contributed by atoms with Crippen molar-refractivity contribution in [3.63, 3.8) is 0 Å². The van der Waals surface area contributed by atoms with Crippen molar-refractivity contribution in [2.45, 2.75) is 33.2 Å². The molecule has 21 heavy (non-hydrogen) atoms. The highest BCUT2D eigenvalue weighted by atomic mass is 35.5. The fraction of sp³-hybridized carbons (Fsp3) is 0.412. The second-order valence-corrected chi connectivity index (χ2v) is 6.84. The van der Waals surface area contributed by atoms with Gasteiger partial charge in [-0.1, -0.05) is 31.5 Å². The molecule has 0 spiro atoms. The van der Waals surface area contributed by atoms with Gasteiger partial charge in [0.15, 0.2) is 0 Å². The molecule has 0 bridgehead atoms. The van der Waals surface area contributed by atoms with Gasteiger partial charge in [-0.3, -0.25) is 0 Å². The van der Waals surface area contributed by atoms with Crippen LogP contribution in [0.15, 0.2) is 29.6 Å². The Labute approximate surface area is 136 Å². The number of hydrogen-bond donors (Lipinski definition) is 1. The molecule has 2 aromatic rings. The largest absolute Gasteiger partial charge is 0.492 e. The van der Waals surface area contributed by atoms with Crippen LogP contribution in [-0.4, -0.2) is 13.2 Å². The number of nitrogens with one attached hydrogen (secondary N) is 1. The fourth-order valence-corrected chi connectivity index (χ4v) is 2.95. The number of benzene rings is 1. The summed E-state index contributed by atoms with van der Waals surface area (Å²) >= 11 is 7.97. The molecule has 0 unspecified atom stereocenters. The third-order valence-corrected chi connectivity index (χ3v) is 4.61. The predicted molar refractivity (Wildman–Crippen MR) is 91.8 cm³/mol. The van der Waals surface area contributed by atoms with E-state index in [2.05, 4.69) is 36.7 Å². The standard InChI is InChI=1S/C17H22ClNOS/c1-12(2)15-10-16(18)13(3)9-17(15)20-7-6-19-11-14-5-4-8-21-14/h4-5,8-10,12,19H,6-7,11H2,1-3H3. The van der Waals surface area contributed by atoms with Crippen LogP contribution in [0.4, 0.5) is 0 Å². The molecular formula is C17H22ClNOS. The van der Waals surface area contributed by atoms with Crippen molar-refractivity contribution >= 4 is 22.9 Å². The van der Waals surface area contributed by atoms with Crippen molar-refractivity contribution in [2.75, 3.05) is 13.2 Å². The van der Waals surface area contributed by atoms with Crippen molar-refractivity contribution in [1.29, 1.82) is 0 Å². The normalized spacial score (nSPS) is 11.1. The molecule has 0 aliphatic heterocycles. The van der Waals surface area contributed by atoms with Gasteiger partial charge < -0.3 is 10.1 Å². The molecule has 1 heterocycles. The molecule has 0 amide bonds. The number of aryl methyl sites for hydroxylation is 1. The van der Waals surface area contributed by atoms with Gasteiger partial charge in [0.1, 0.15) is 12.4 Å². The maximum Gasteiger partial charge on any atom is 0.123 e. The van der Waals surface area contributed by atoms with Crippen LogP contribution in [-0.2, 0) is 6.54 Å². The maximum atomic E-state index is 6.20. The third-order valence-electron chi connectivity index (χ3n) is 3.33. The summed E-state index contributed by atoms with van der Waals surface area (Å²) in [6, 6.07) is 8.27. The SMILES string of the molecule is Cc1cc(OCCNCc2cccs2)c(C(C)C)cc1Cl. The highest BCUT2D eigenvalue weighted by Crippen LogP contribution is 2.31. The number of ether oxygens (including phenoxy) is 1. The van der Waals surface area contributed by atoms with E-state index in [1.165, 1.54) is 10.4 Å². The minimum absolute atomic E-state index is 0.400. The van der Waals surface area contributed by atoms with Crippen LogP contribution in [0, 0.1) is 6.92 Å². The van der Waals surface area contributed by atoms with Crippen LogP contribution in [0.5, 0.6) is 5.75 Å². The Balaban J connectivity index is 1.86. The maximum absolute atomic E-state index is 6.20. The Kier molecular flexibility index (Phi) is 6.09. The smallest absolute Gasteiger partial charge is 0.123 e. The first-order chi connectivity index (χ1) is 10.1. The van der Waals surface area contributed by atoms with Gasteiger partial charge in [0.2, 0.25) is 0 Å². The third kappa shape index (κ3) is 4.73. The second-order valence-electron chi connectivity index (χ2n) is 5.40. The molecule has 1 N–H and O–H groups in total. The molecule has 0 saturated heterocycles. The molecule has 2 rings (SSSR count). The van der Waals surface area contributed by atoms with Crippen molar-refractivity contribution < 1.29 is 4.74 Å². The number of halogens is 1. The molecule has 0 saturated carbocycles. The molecular weight excluding hydrogens is 302 g/mol. The van der Waals surface area contributed by atoms with E-state index in [1.807, 2.05) is 19.1 Å². The van der Waals surface area contributed by atoms with Gasteiger partial charge in [0, 0.05) is 23.0 Å². The molecule has 0 radical (unpaired) electrons. The summed E-state index contributed by atoms with van der Waals surface area (Å²) in [6.07, 6.45) is 0. The molecule has 1 aromatic heterocycles. The van der Waals surface area contributed by atoms with Gasteiger partial charge in [-0.25, -0.2) is 0 Å². The Morgan fingerprint density at radius 1 is 1.33 bits per heavy atom. The van der Waals surface area contributed by atoms with Crippen molar-refractivity contribution in [1.82, 2.24) is 5.32 Å². The summed E-state index contributed by atoms with van der Waals surface area (Å²) in [5, 5.41) is 6.30. The van der Waals surface area contributed by atoms with E-state index in [9.17, 15) is 0 Å². The summed E-state index contributed by atoms with van der Waals surface area (Å²) in [5.41, 5.74) is 2.23. The molecule has 0 aliphatic rings. The molecule has 4 heteroatoms. The number of rotatable bonds is 7. The summed E-state index contributed by atoms with van der Waals surface area (Å²) in [5.74, 6) is 1.35. The highest BCUT2D eigenvalue weighted by molar-refractivity contribution is 7.09. The minimum atomic E-state index is 0.400. The molecule has 1 aromatic carbocycles. The lowest BCUT2D eigenvalue weighted by atomic mass is 10.0. The van der Waals surface area contributed by atoms with Gasteiger partial charge in [-0.15, -0.1) is 11.3 Å². The van der Waals surface area contributed by atoms with Crippen LogP contribution in [0.25, 0.3) is 0 Å². The summed E-state index contributed by atoms with van der Waals surface area (Å²) in [7, 11) is 0. The van der Waals surface area contributed by atoms with Crippen LogP contribution in [0.1, 0.15) is 35.8 Å². The summed E-state index contributed by atoms with van der Waals surface area (Å²) in [4.78, 5) is 1.35. The van der Waals surface area contributed by atoms with Crippen LogP contribution >= 0.6 is 22.9 Å². The monoisotopic (exact) mass is 323 g/mol. The topological polar surface area (TPSA) is 21.3 Å². The fourth-order valence-electron chi connectivity index (χ4n) is 2.10. The van der Waals surface area contributed by atoms with E-state index in [-0.39, 0.29) is 0 Å². The zero-order valence-electron chi connectivity index (χ0n) is 12.8. The van der Waals surface area contributed by atoms with Crippen molar-refractivity contribution in [3.8, 4) is 5.75 Å². The molecule has 0 aliphatic carbocycles. The predicted octanol–water partition coefficient (Wildman–Crippen LogP) is 5.00. The number of thiophene rings is 1. The first-order valence-electron chi connectivity index (χ1n) is 7.24. The van der Waals surface area contributed by atoms with Gasteiger partial charge in [-0.05, 0) is 47.5 Å². The Bertz CT molecular complexity index is 566. The number of hydrogen-bond acceptors (Lipinski definition) is 3. The van der Waals surface area contributed by atoms with Gasteiger partial charge in [0.25, 0.3) is 0 Å². The Morgan fingerprint density at radius 3 is 2.81 bits per heavy atom. The highest BCUT2D eigenvalue weighted by Gasteiger charge is 2.10. The quantitative estimate of drug-likeness (QED) is 0.724. The zero-order chi connectivity index (χ0) is 15.2. The lowest BCUT2D eigenvalue weighted by Gasteiger charge is -2.16. The average Bonchev–Trinajstić information content (AvgIpc) is 2.95. The van der Waals surface area contributed by atoms with E-state index in [0.29, 0.717) is 12.5 Å². The molecule has 0 fully saturated rings. The lowest BCUT2D eigenvalue weighted by molar-refractivity contribution is 0.309. The first kappa shape index (κ1) is 16.3. The lowest BCUT2D eigenvalue weighted by Crippen LogP contribution is -2.20. The summed E-state index contributed by atoms with van der Waals surface area (Å²) < 4.78 is 5.94. The van der Waals surface area contributed by atoms with Crippen molar-refractivity contribution in [3.05, 3.63) is 50.7 Å². The minimum Gasteiger partial charge on any atom is -0.492 e. The van der Waals surface area contributed by atoms with Gasteiger partial charge in [-0.2, -0.15) is 0 Å². The zero-order valence-corrected chi connectivity index (χ0v) is 14.4. The molecule has 114 valence electrons. The Morgan fingerprint density at radius 2 is 2.14 bits per heavy atom. The van der Waals surface area contributed by atoms with Crippen LogP contribution < -0.4 is 10.1 Å². The average molecular weight is 324 g/mol. The van der Waals surface area contributed by atoms with Crippen LogP contribution in [0.2, 0.25) is 5.02 Å². The van der Waals surface area contributed by atoms with E-state index >= 15 is 0 Å². The molecule has 0 atom stereocenters. The van der Waals surface area contributed by atoms with Gasteiger partial charge >= 0.3 is 0 Å². The Hall–Kier alpha value is -1.03. The molecule has 2 nitrogen and oxygen atoms in total. The van der Waals surface area contributed by atoms with E-state index in [4.69, 9.17) is 16.3 Å². The first-order valence-corrected chi connectivity index (χ1v) is 8.49. The van der Waals surface area contributed by atoms with Crippen LogP contribution in [0.3, 0.4) is 0 Å². The second kappa shape index (κ2) is 7.83. The van der Waals surface area contributed by atoms with E-state index in [0.717, 1.165) is 29.4 Å². The van der Waals surface area contributed by atoms with E-state index in [1.54, 1.807) is 11.3 Å². The van der Waals surface area contributed by atoms with Crippen molar-refractivity contribution in [2.24, 2.45) is 0 Å². The van der Waals surface area contributed by atoms with Gasteiger partial charge in [0.05, 0.1) is 0 Å².